The van der Waals surface area contributed by atoms with Crippen LogP contribution in [0.15, 0.2) is 180 Å². The minimum atomic E-state index is 0.665. The first-order chi connectivity index (χ1) is 24.8. The van der Waals surface area contributed by atoms with Crippen LogP contribution in [0.2, 0.25) is 0 Å². The molecule has 0 aliphatic heterocycles. The van der Waals surface area contributed by atoms with Crippen LogP contribution in [0.1, 0.15) is 0 Å². The molecule has 0 atom stereocenters. The second-order valence-corrected chi connectivity index (χ2v) is 12.6. The van der Waals surface area contributed by atoms with Crippen molar-refractivity contribution in [3.05, 3.63) is 176 Å². The standard InChI is InChI=1S/C46H29N3O/c1-3-13-30(14-4-1)35-21-12-23-42-45(35)38-20-7-9-22-41(38)49(42)34-18-11-17-33(27-34)46-47-39(31-15-5-2-6-16-31)29-40(48-46)32-25-26-37-36-19-8-10-24-43(36)50-44(37)28-32/h1-29H. The Morgan fingerprint density at radius 3 is 1.88 bits per heavy atom. The molecule has 50 heavy (non-hydrogen) atoms. The first kappa shape index (κ1) is 28.3. The van der Waals surface area contributed by atoms with Crippen molar-refractivity contribution < 1.29 is 4.42 Å². The van der Waals surface area contributed by atoms with E-state index in [9.17, 15) is 0 Å². The van der Waals surface area contributed by atoms with Crippen LogP contribution in [0.3, 0.4) is 0 Å². The number of benzene rings is 7. The van der Waals surface area contributed by atoms with E-state index < -0.39 is 0 Å². The van der Waals surface area contributed by atoms with Gasteiger partial charge in [-0.2, -0.15) is 0 Å². The maximum Gasteiger partial charge on any atom is 0.160 e. The molecule has 0 saturated carbocycles. The molecule has 0 radical (unpaired) electrons. The minimum Gasteiger partial charge on any atom is -0.456 e. The van der Waals surface area contributed by atoms with E-state index >= 15 is 0 Å². The largest absolute Gasteiger partial charge is 0.456 e. The fraction of sp³-hybridized carbons (Fsp3) is 0. The van der Waals surface area contributed by atoms with Crippen LogP contribution < -0.4 is 0 Å². The third-order valence-electron chi connectivity index (χ3n) is 9.62. The summed E-state index contributed by atoms with van der Waals surface area (Å²) in [5, 5.41) is 4.67. The normalized spacial score (nSPS) is 11.6. The Hall–Kier alpha value is -6.78. The molecule has 7 aromatic carbocycles. The molecule has 0 fully saturated rings. The van der Waals surface area contributed by atoms with Crippen molar-refractivity contribution >= 4 is 43.7 Å². The lowest BCUT2D eigenvalue weighted by atomic mass is 9.99. The first-order valence-corrected chi connectivity index (χ1v) is 16.8. The Balaban J connectivity index is 1.16. The molecule has 234 valence electrons. The maximum absolute atomic E-state index is 6.26. The summed E-state index contributed by atoms with van der Waals surface area (Å²) >= 11 is 0. The van der Waals surface area contributed by atoms with Gasteiger partial charge in [0.05, 0.1) is 22.4 Å². The van der Waals surface area contributed by atoms with Gasteiger partial charge < -0.3 is 8.98 Å². The van der Waals surface area contributed by atoms with Crippen molar-refractivity contribution in [1.82, 2.24) is 14.5 Å². The molecule has 0 aliphatic carbocycles. The lowest BCUT2D eigenvalue weighted by molar-refractivity contribution is 0.669. The monoisotopic (exact) mass is 639 g/mol. The Morgan fingerprint density at radius 1 is 0.400 bits per heavy atom. The van der Waals surface area contributed by atoms with Gasteiger partial charge in [0.1, 0.15) is 11.2 Å². The predicted octanol–water partition coefficient (Wildman–Crippen LogP) is 12.1. The van der Waals surface area contributed by atoms with E-state index in [1.54, 1.807) is 0 Å². The number of aromatic nitrogens is 3. The average Bonchev–Trinajstić information content (AvgIpc) is 3.74. The lowest BCUT2D eigenvalue weighted by Crippen LogP contribution is -1.98. The van der Waals surface area contributed by atoms with Crippen LogP contribution >= 0.6 is 0 Å². The summed E-state index contributed by atoms with van der Waals surface area (Å²) in [5.74, 6) is 0.665. The predicted molar refractivity (Wildman–Crippen MR) is 205 cm³/mol. The summed E-state index contributed by atoms with van der Waals surface area (Å²) in [6.45, 7) is 0. The maximum atomic E-state index is 6.26. The Kier molecular flexibility index (Phi) is 6.46. The van der Waals surface area contributed by atoms with Gasteiger partial charge in [-0.3, -0.25) is 0 Å². The van der Waals surface area contributed by atoms with Crippen LogP contribution in [0.5, 0.6) is 0 Å². The number of hydrogen-bond donors (Lipinski definition) is 0. The number of rotatable bonds is 5. The molecule has 3 heterocycles. The number of nitrogens with zero attached hydrogens (tertiary/aromatic N) is 3. The van der Waals surface area contributed by atoms with Gasteiger partial charge in [0, 0.05) is 43.9 Å². The third kappa shape index (κ3) is 4.61. The number of furan rings is 1. The molecule has 0 unspecified atom stereocenters. The second kappa shape index (κ2) is 11.4. The fourth-order valence-corrected chi connectivity index (χ4v) is 7.31. The van der Waals surface area contributed by atoms with Gasteiger partial charge in [0.15, 0.2) is 5.82 Å². The molecule has 0 aliphatic rings. The van der Waals surface area contributed by atoms with E-state index in [0.717, 1.165) is 66.7 Å². The Labute approximate surface area is 288 Å². The zero-order valence-corrected chi connectivity index (χ0v) is 27.0. The summed E-state index contributed by atoms with van der Waals surface area (Å²) in [4.78, 5) is 10.4. The molecule has 0 amide bonds. The summed E-state index contributed by atoms with van der Waals surface area (Å²) in [5.41, 5.74) is 12.2. The molecule has 0 N–H and O–H groups in total. The minimum absolute atomic E-state index is 0.665. The Bertz CT molecular complexity index is 2870. The number of para-hydroxylation sites is 2. The highest BCUT2D eigenvalue weighted by Gasteiger charge is 2.18. The third-order valence-corrected chi connectivity index (χ3v) is 9.62. The van der Waals surface area contributed by atoms with E-state index in [0.29, 0.717) is 5.82 Å². The molecule has 4 nitrogen and oxygen atoms in total. The molecule has 3 aromatic heterocycles. The average molecular weight is 640 g/mol. The number of fused-ring (bicyclic) bond motifs is 6. The van der Waals surface area contributed by atoms with E-state index in [1.165, 1.54) is 21.9 Å². The van der Waals surface area contributed by atoms with Crippen molar-refractivity contribution in [2.45, 2.75) is 0 Å². The van der Waals surface area contributed by atoms with E-state index in [2.05, 4.69) is 144 Å². The fourth-order valence-electron chi connectivity index (χ4n) is 7.31. The molecule has 0 saturated heterocycles. The van der Waals surface area contributed by atoms with Gasteiger partial charge in [-0.15, -0.1) is 0 Å². The van der Waals surface area contributed by atoms with Gasteiger partial charge in [-0.25, -0.2) is 9.97 Å². The zero-order chi connectivity index (χ0) is 33.0. The molecular weight excluding hydrogens is 611 g/mol. The van der Waals surface area contributed by atoms with Gasteiger partial charge in [-0.05, 0) is 59.7 Å². The summed E-state index contributed by atoms with van der Waals surface area (Å²) in [7, 11) is 0. The Morgan fingerprint density at radius 2 is 1.04 bits per heavy atom. The summed E-state index contributed by atoms with van der Waals surface area (Å²) in [6.07, 6.45) is 0. The molecule has 10 rings (SSSR count). The molecule has 0 bridgehead atoms. The smallest absolute Gasteiger partial charge is 0.160 e. The quantitative estimate of drug-likeness (QED) is 0.188. The highest BCUT2D eigenvalue weighted by atomic mass is 16.3. The molecular formula is C46H29N3O. The van der Waals surface area contributed by atoms with E-state index in [-0.39, 0.29) is 0 Å². The van der Waals surface area contributed by atoms with Crippen molar-refractivity contribution in [3.63, 3.8) is 0 Å². The van der Waals surface area contributed by atoms with Gasteiger partial charge in [0.25, 0.3) is 0 Å². The topological polar surface area (TPSA) is 43.9 Å². The first-order valence-electron chi connectivity index (χ1n) is 16.8. The van der Waals surface area contributed by atoms with E-state index in [4.69, 9.17) is 14.4 Å². The SMILES string of the molecule is c1ccc(-c2cc(-c3ccc4c(c3)oc3ccccc34)nc(-c3cccc(-n4c5ccccc5c5c(-c6ccccc6)cccc54)c3)n2)cc1. The van der Waals surface area contributed by atoms with Crippen LogP contribution in [-0.2, 0) is 0 Å². The lowest BCUT2D eigenvalue weighted by Gasteiger charge is -2.12. The van der Waals surface area contributed by atoms with Crippen molar-refractivity contribution in [3.8, 4) is 50.7 Å². The highest BCUT2D eigenvalue weighted by Crippen LogP contribution is 2.39. The van der Waals surface area contributed by atoms with Crippen LogP contribution in [-0.4, -0.2) is 14.5 Å². The van der Waals surface area contributed by atoms with Crippen molar-refractivity contribution in [2.75, 3.05) is 0 Å². The molecule has 10 aromatic rings. The van der Waals surface area contributed by atoms with Crippen LogP contribution in [0, 0.1) is 0 Å². The molecule has 0 spiro atoms. The highest BCUT2D eigenvalue weighted by molar-refractivity contribution is 6.15. The summed E-state index contributed by atoms with van der Waals surface area (Å²) < 4.78 is 8.62. The number of hydrogen-bond acceptors (Lipinski definition) is 3. The van der Waals surface area contributed by atoms with Crippen LogP contribution in [0.4, 0.5) is 0 Å². The van der Waals surface area contributed by atoms with Crippen LogP contribution in [0.25, 0.3) is 94.5 Å². The van der Waals surface area contributed by atoms with E-state index in [1.807, 2.05) is 36.4 Å². The zero-order valence-electron chi connectivity index (χ0n) is 27.0. The van der Waals surface area contributed by atoms with Gasteiger partial charge in [-0.1, -0.05) is 127 Å². The van der Waals surface area contributed by atoms with Crippen molar-refractivity contribution in [1.29, 1.82) is 0 Å². The van der Waals surface area contributed by atoms with Gasteiger partial charge in [0.2, 0.25) is 0 Å². The molecule has 4 heteroatoms. The second-order valence-electron chi connectivity index (χ2n) is 12.6. The summed E-state index contributed by atoms with van der Waals surface area (Å²) in [6, 6.07) is 61.4. The van der Waals surface area contributed by atoms with Gasteiger partial charge >= 0.3 is 0 Å². The van der Waals surface area contributed by atoms with Crippen molar-refractivity contribution in [2.24, 2.45) is 0 Å².